The van der Waals surface area contributed by atoms with Gasteiger partial charge in [-0.05, 0) is 24.1 Å². The van der Waals surface area contributed by atoms with Crippen molar-refractivity contribution < 1.29 is 14.0 Å². The average molecular weight is 351 g/mol. The Bertz CT molecular complexity index is 604. The molecule has 2 saturated heterocycles. The molecule has 130 valence electrons. The topological polar surface area (TPSA) is 66.6 Å². The monoisotopic (exact) mass is 351 g/mol. The molecule has 0 bridgehead atoms. The second kappa shape index (κ2) is 7.53. The number of hydrogen-bond donors (Lipinski definition) is 1. The van der Waals surface area contributed by atoms with E-state index in [2.05, 4.69) is 0 Å². The van der Waals surface area contributed by atoms with Crippen LogP contribution in [0.25, 0.3) is 0 Å². The highest BCUT2D eigenvalue weighted by molar-refractivity contribution is 7.99. The van der Waals surface area contributed by atoms with Gasteiger partial charge in [-0.2, -0.15) is 0 Å². The van der Waals surface area contributed by atoms with Gasteiger partial charge in [0.2, 0.25) is 11.8 Å². The quantitative estimate of drug-likeness (QED) is 0.881. The molecule has 7 heteroatoms. The molecule has 2 N–H and O–H groups in total. The van der Waals surface area contributed by atoms with Crippen LogP contribution in [0, 0.1) is 11.7 Å². The van der Waals surface area contributed by atoms with Crippen LogP contribution >= 0.6 is 11.8 Å². The molecule has 0 aromatic heterocycles. The zero-order chi connectivity index (χ0) is 17.1. The van der Waals surface area contributed by atoms with Gasteiger partial charge in [-0.15, -0.1) is 11.8 Å². The van der Waals surface area contributed by atoms with E-state index in [-0.39, 0.29) is 30.0 Å². The molecule has 1 aromatic rings. The van der Waals surface area contributed by atoms with Crippen LogP contribution in [0.4, 0.5) is 4.39 Å². The summed E-state index contributed by atoms with van der Waals surface area (Å²) >= 11 is 1.74. The van der Waals surface area contributed by atoms with Crippen molar-refractivity contribution in [1.29, 1.82) is 0 Å². The molecule has 24 heavy (non-hydrogen) atoms. The van der Waals surface area contributed by atoms with Gasteiger partial charge in [0, 0.05) is 31.3 Å². The number of halogens is 1. The summed E-state index contributed by atoms with van der Waals surface area (Å²) in [7, 11) is 0. The van der Waals surface area contributed by atoms with Crippen molar-refractivity contribution in [3.8, 4) is 0 Å². The van der Waals surface area contributed by atoms with Gasteiger partial charge in [-0.1, -0.05) is 12.1 Å². The van der Waals surface area contributed by atoms with E-state index in [9.17, 15) is 14.0 Å². The van der Waals surface area contributed by atoms with Crippen LogP contribution in [0.2, 0.25) is 0 Å². The van der Waals surface area contributed by atoms with Crippen molar-refractivity contribution in [2.24, 2.45) is 11.7 Å². The van der Waals surface area contributed by atoms with E-state index in [4.69, 9.17) is 5.73 Å². The maximum Gasteiger partial charge on any atom is 0.240 e. The van der Waals surface area contributed by atoms with Crippen molar-refractivity contribution in [3.63, 3.8) is 0 Å². The number of nitrogens with zero attached hydrogens (tertiary/aromatic N) is 2. The number of carbonyl (C=O) groups is 2. The summed E-state index contributed by atoms with van der Waals surface area (Å²) < 4.78 is 12.9. The van der Waals surface area contributed by atoms with E-state index in [1.807, 2.05) is 0 Å². The first-order chi connectivity index (χ1) is 11.5. The van der Waals surface area contributed by atoms with Gasteiger partial charge in [0.15, 0.2) is 0 Å². The van der Waals surface area contributed by atoms with Crippen molar-refractivity contribution in [3.05, 3.63) is 35.6 Å². The fourth-order valence-corrected chi connectivity index (χ4v) is 4.15. The molecule has 2 unspecified atom stereocenters. The minimum atomic E-state index is -0.535. The minimum absolute atomic E-state index is 0.000449. The smallest absolute Gasteiger partial charge is 0.240 e. The average Bonchev–Trinajstić information content (AvgIpc) is 3.27. The Kier molecular flexibility index (Phi) is 5.40. The first-order valence-corrected chi connectivity index (χ1v) is 9.34. The standard InChI is InChI=1S/C17H22FN3O2S/c18-14-3-1-12(2-4-14)9-15(22)20-6-5-13(10-20)16(19)17(23)21-7-8-24-11-21/h1-4,13,16H,5-11,19H2. The Morgan fingerprint density at radius 2 is 2.00 bits per heavy atom. The lowest BCUT2D eigenvalue weighted by atomic mass is 9.98. The van der Waals surface area contributed by atoms with E-state index < -0.39 is 6.04 Å². The van der Waals surface area contributed by atoms with Crippen LogP contribution in [0.15, 0.2) is 24.3 Å². The molecule has 0 aliphatic carbocycles. The zero-order valence-electron chi connectivity index (χ0n) is 13.5. The lowest BCUT2D eigenvalue weighted by Crippen LogP contribution is -2.47. The Balaban J connectivity index is 1.53. The number of hydrogen-bond acceptors (Lipinski definition) is 4. The van der Waals surface area contributed by atoms with Gasteiger partial charge in [-0.3, -0.25) is 9.59 Å². The van der Waals surface area contributed by atoms with Gasteiger partial charge < -0.3 is 15.5 Å². The van der Waals surface area contributed by atoms with Crippen molar-refractivity contribution in [2.45, 2.75) is 18.9 Å². The van der Waals surface area contributed by atoms with Crippen LogP contribution in [-0.4, -0.2) is 58.9 Å². The summed E-state index contributed by atoms with van der Waals surface area (Å²) in [6.07, 6.45) is 1.00. The summed E-state index contributed by atoms with van der Waals surface area (Å²) in [6.45, 7) is 1.91. The SMILES string of the molecule is NC(C(=O)N1CCSC1)C1CCN(C(=O)Cc2ccc(F)cc2)C1. The number of carbonyl (C=O) groups excluding carboxylic acids is 2. The molecule has 2 atom stereocenters. The molecule has 2 fully saturated rings. The lowest BCUT2D eigenvalue weighted by Gasteiger charge is -2.24. The first kappa shape index (κ1) is 17.2. The summed E-state index contributed by atoms with van der Waals surface area (Å²) in [5.41, 5.74) is 6.94. The third-order valence-corrected chi connectivity index (χ3v) is 5.67. The Hall–Kier alpha value is -1.60. The fourth-order valence-electron chi connectivity index (χ4n) is 3.20. The molecule has 0 spiro atoms. The fraction of sp³-hybridized carbons (Fsp3) is 0.529. The second-order valence-corrected chi connectivity index (χ2v) is 7.43. The first-order valence-electron chi connectivity index (χ1n) is 8.19. The number of amides is 2. The zero-order valence-corrected chi connectivity index (χ0v) is 14.3. The van der Waals surface area contributed by atoms with E-state index in [0.29, 0.717) is 19.0 Å². The number of thioether (sulfide) groups is 1. The van der Waals surface area contributed by atoms with Gasteiger partial charge in [-0.25, -0.2) is 4.39 Å². The molecular formula is C17H22FN3O2S. The van der Waals surface area contributed by atoms with Gasteiger partial charge in [0.1, 0.15) is 5.82 Å². The van der Waals surface area contributed by atoms with Crippen LogP contribution in [0.1, 0.15) is 12.0 Å². The summed E-state index contributed by atoms with van der Waals surface area (Å²) in [5, 5.41) is 0. The molecule has 0 saturated carbocycles. The van der Waals surface area contributed by atoms with E-state index in [1.165, 1.54) is 12.1 Å². The highest BCUT2D eigenvalue weighted by Crippen LogP contribution is 2.23. The Morgan fingerprint density at radius 3 is 2.67 bits per heavy atom. The number of likely N-dealkylation sites (tertiary alicyclic amines) is 1. The summed E-state index contributed by atoms with van der Waals surface area (Å²) in [6, 6.07) is 5.44. The molecule has 2 aliphatic heterocycles. The van der Waals surface area contributed by atoms with Crippen molar-refractivity contribution in [2.75, 3.05) is 31.3 Å². The van der Waals surface area contributed by atoms with E-state index >= 15 is 0 Å². The molecule has 2 amide bonds. The van der Waals surface area contributed by atoms with Gasteiger partial charge in [0.25, 0.3) is 0 Å². The predicted octanol–water partition coefficient (Wildman–Crippen LogP) is 1.08. The van der Waals surface area contributed by atoms with Gasteiger partial charge in [0.05, 0.1) is 18.3 Å². The third-order valence-electron chi connectivity index (χ3n) is 4.70. The molecule has 1 aromatic carbocycles. The number of benzene rings is 1. The largest absolute Gasteiger partial charge is 0.342 e. The lowest BCUT2D eigenvalue weighted by molar-refractivity contribution is -0.133. The molecule has 0 radical (unpaired) electrons. The van der Waals surface area contributed by atoms with Crippen LogP contribution in [0.3, 0.4) is 0 Å². The van der Waals surface area contributed by atoms with Crippen LogP contribution in [0.5, 0.6) is 0 Å². The summed E-state index contributed by atoms with van der Waals surface area (Å²) in [5.74, 6) is 1.38. The molecular weight excluding hydrogens is 329 g/mol. The van der Waals surface area contributed by atoms with E-state index in [0.717, 1.165) is 24.3 Å². The molecule has 5 nitrogen and oxygen atoms in total. The Morgan fingerprint density at radius 1 is 1.25 bits per heavy atom. The predicted molar refractivity (Wildman–Crippen MR) is 91.8 cm³/mol. The van der Waals surface area contributed by atoms with Gasteiger partial charge >= 0.3 is 0 Å². The van der Waals surface area contributed by atoms with Crippen molar-refractivity contribution >= 4 is 23.6 Å². The molecule has 2 heterocycles. The van der Waals surface area contributed by atoms with Crippen LogP contribution in [-0.2, 0) is 16.0 Å². The maximum absolute atomic E-state index is 12.9. The second-order valence-electron chi connectivity index (χ2n) is 6.36. The normalized spacial score (nSPS) is 22.0. The summed E-state index contributed by atoms with van der Waals surface area (Å²) in [4.78, 5) is 28.3. The molecule has 3 rings (SSSR count). The highest BCUT2D eigenvalue weighted by Gasteiger charge is 2.35. The van der Waals surface area contributed by atoms with E-state index in [1.54, 1.807) is 33.7 Å². The highest BCUT2D eigenvalue weighted by atomic mass is 32.2. The van der Waals surface area contributed by atoms with Crippen LogP contribution < -0.4 is 5.73 Å². The minimum Gasteiger partial charge on any atom is -0.342 e. The third kappa shape index (κ3) is 3.89. The number of rotatable bonds is 4. The maximum atomic E-state index is 12.9. The number of nitrogens with two attached hydrogens (primary N) is 1. The Labute approximate surface area is 145 Å². The van der Waals surface area contributed by atoms with Crippen molar-refractivity contribution in [1.82, 2.24) is 9.80 Å². The molecule has 2 aliphatic rings.